The number of fused-ring (bicyclic) bond motifs is 1. The largest absolute Gasteiger partial charge is 0.458 e. The molecule has 0 aliphatic carbocycles. The van der Waals surface area contributed by atoms with Crippen molar-refractivity contribution in [2.24, 2.45) is 0 Å². The highest BCUT2D eigenvalue weighted by Crippen LogP contribution is 2.28. The molecule has 1 atom stereocenters. The molecular formula is C13H13FO2. The SMILES string of the molecule is CC(=O)CC(C)c1cc2cccc(F)c2o1. The molecule has 0 N–H and O–H groups in total. The van der Waals surface area contributed by atoms with Crippen LogP contribution in [-0.2, 0) is 4.79 Å². The Balaban J connectivity index is 2.39. The van der Waals surface area contributed by atoms with Gasteiger partial charge in [0, 0.05) is 17.7 Å². The first-order chi connectivity index (χ1) is 7.58. The minimum atomic E-state index is -0.362. The van der Waals surface area contributed by atoms with E-state index in [1.54, 1.807) is 25.1 Å². The van der Waals surface area contributed by atoms with Gasteiger partial charge in [-0.05, 0) is 19.1 Å². The second-order valence-corrected chi connectivity index (χ2v) is 4.11. The van der Waals surface area contributed by atoms with E-state index in [-0.39, 0.29) is 23.1 Å². The van der Waals surface area contributed by atoms with Crippen LogP contribution in [0.25, 0.3) is 11.0 Å². The molecule has 2 nitrogen and oxygen atoms in total. The first-order valence-electron chi connectivity index (χ1n) is 5.25. The molecule has 0 saturated carbocycles. The van der Waals surface area contributed by atoms with Crippen molar-refractivity contribution in [2.45, 2.75) is 26.2 Å². The Morgan fingerprint density at radius 2 is 2.25 bits per heavy atom. The van der Waals surface area contributed by atoms with Crippen LogP contribution in [0.4, 0.5) is 4.39 Å². The maximum absolute atomic E-state index is 13.4. The van der Waals surface area contributed by atoms with Crippen LogP contribution in [0.5, 0.6) is 0 Å². The molecule has 0 aliphatic heterocycles. The lowest BCUT2D eigenvalue weighted by Crippen LogP contribution is -1.98. The second kappa shape index (κ2) is 4.08. The van der Waals surface area contributed by atoms with Crippen LogP contribution < -0.4 is 0 Å². The summed E-state index contributed by atoms with van der Waals surface area (Å²) in [5.41, 5.74) is 0.271. The number of carbonyl (C=O) groups excluding carboxylic acids is 1. The summed E-state index contributed by atoms with van der Waals surface area (Å²) < 4.78 is 18.8. The molecule has 3 heteroatoms. The van der Waals surface area contributed by atoms with Crippen LogP contribution in [0.2, 0.25) is 0 Å². The van der Waals surface area contributed by atoms with Gasteiger partial charge in [0.05, 0.1) is 0 Å². The summed E-state index contributed by atoms with van der Waals surface area (Å²) in [4.78, 5) is 11.0. The lowest BCUT2D eigenvalue weighted by molar-refractivity contribution is -0.117. The molecule has 0 fully saturated rings. The van der Waals surface area contributed by atoms with Crippen molar-refractivity contribution in [3.8, 4) is 0 Å². The van der Waals surface area contributed by atoms with E-state index < -0.39 is 0 Å². The fourth-order valence-electron chi connectivity index (χ4n) is 1.82. The molecule has 1 aromatic heterocycles. The summed E-state index contributed by atoms with van der Waals surface area (Å²) in [5, 5.41) is 0.741. The van der Waals surface area contributed by atoms with E-state index in [1.807, 2.05) is 6.92 Å². The van der Waals surface area contributed by atoms with E-state index in [0.29, 0.717) is 12.2 Å². The Kier molecular flexibility index (Phi) is 2.77. The van der Waals surface area contributed by atoms with Gasteiger partial charge in [-0.1, -0.05) is 19.1 Å². The number of halogens is 1. The molecule has 0 aliphatic rings. The predicted molar refractivity (Wildman–Crippen MR) is 59.9 cm³/mol. The molecular weight excluding hydrogens is 207 g/mol. The van der Waals surface area contributed by atoms with Crippen LogP contribution in [0.3, 0.4) is 0 Å². The van der Waals surface area contributed by atoms with E-state index in [0.717, 1.165) is 5.39 Å². The summed E-state index contributed by atoms with van der Waals surface area (Å²) in [6.45, 7) is 3.44. The van der Waals surface area contributed by atoms with Gasteiger partial charge in [0.25, 0.3) is 0 Å². The van der Waals surface area contributed by atoms with Crippen LogP contribution in [0.15, 0.2) is 28.7 Å². The van der Waals surface area contributed by atoms with Crippen molar-refractivity contribution in [1.29, 1.82) is 0 Å². The topological polar surface area (TPSA) is 30.2 Å². The van der Waals surface area contributed by atoms with E-state index in [2.05, 4.69) is 0 Å². The number of rotatable bonds is 3. The maximum atomic E-state index is 13.4. The smallest absolute Gasteiger partial charge is 0.169 e. The molecule has 2 aromatic rings. The van der Waals surface area contributed by atoms with Gasteiger partial charge in [0.15, 0.2) is 11.4 Å². The molecule has 1 unspecified atom stereocenters. The van der Waals surface area contributed by atoms with Gasteiger partial charge >= 0.3 is 0 Å². The lowest BCUT2D eigenvalue weighted by Gasteiger charge is -2.04. The van der Waals surface area contributed by atoms with Crippen molar-refractivity contribution in [2.75, 3.05) is 0 Å². The Hall–Kier alpha value is -1.64. The quantitative estimate of drug-likeness (QED) is 0.790. The minimum absolute atomic E-state index is 0.00991. The van der Waals surface area contributed by atoms with Gasteiger partial charge in [0.1, 0.15) is 11.5 Å². The highest BCUT2D eigenvalue weighted by Gasteiger charge is 2.14. The fourth-order valence-corrected chi connectivity index (χ4v) is 1.82. The Labute approximate surface area is 93.1 Å². The average Bonchev–Trinajstić information content (AvgIpc) is 2.61. The molecule has 16 heavy (non-hydrogen) atoms. The van der Waals surface area contributed by atoms with Gasteiger partial charge in [-0.2, -0.15) is 0 Å². The highest BCUT2D eigenvalue weighted by atomic mass is 19.1. The van der Waals surface area contributed by atoms with E-state index in [9.17, 15) is 9.18 Å². The van der Waals surface area contributed by atoms with Crippen LogP contribution in [0.1, 0.15) is 31.9 Å². The molecule has 0 amide bonds. The first-order valence-corrected chi connectivity index (χ1v) is 5.25. The molecule has 1 aromatic carbocycles. The number of Topliss-reactive ketones (excluding diaryl/α,β-unsaturated/α-hetero) is 1. The normalized spacial score (nSPS) is 12.9. The number of ketones is 1. The monoisotopic (exact) mass is 220 g/mol. The van der Waals surface area contributed by atoms with Gasteiger partial charge < -0.3 is 9.21 Å². The van der Waals surface area contributed by atoms with Crippen molar-refractivity contribution in [3.63, 3.8) is 0 Å². The zero-order valence-corrected chi connectivity index (χ0v) is 9.29. The third kappa shape index (κ3) is 1.98. The summed E-state index contributed by atoms with van der Waals surface area (Å²) >= 11 is 0. The third-order valence-corrected chi connectivity index (χ3v) is 2.59. The number of hydrogen-bond acceptors (Lipinski definition) is 2. The van der Waals surface area contributed by atoms with E-state index in [4.69, 9.17) is 4.42 Å². The van der Waals surface area contributed by atoms with Crippen molar-refractivity contribution >= 4 is 16.8 Å². The number of benzene rings is 1. The predicted octanol–water partition coefficient (Wildman–Crippen LogP) is 3.65. The number of furan rings is 1. The fraction of sp³-hybridized carbons (Fsp3) is 0.308. The Morgan fingerprint density at radius 1 is 1.50 bits per heavy atom. The molecule has 1 heterocycles. The van der Waals surface area contributed by atoms with E-state index in [1.165, 1.54) is 6.07 Å². The van der Waals surface area contributed by atoms with Gasteiger partial charge in [0.2, 0.25) is 0 Å². The maximum Gasteiger partial charge on any atom is 0.169 e. The van der Waals surface area contributed by atoms with Crippen molar-refractivity contribution in [3.05, 3.63) is 35.8 Å². The number of para-hydroxylation sites is 1. The number of carbonyl (C=O) groups is 1. The Bertz CT molecular complexity index is 528. The molecule has 0 radical (unpaired) electrons. The molecule has 84 valence electrons. The average molecular weight is 220 g/mol. The summed E-state index contributed by atoms with van der Waals surface area (Å²) in [5.74, 6) is 0.395. The van der Waals surface area contributed by atoms with Gasteiger partial charge in [-0.3, -0.25) is 0 Å². The zero-order chi connectivity index (χ0) is 11.7. The molecule has 0 bridgehead atoms. The molecule has 0 saturated heterocycles. The van der Waals surface area contributed by atoms with Gasteiger partial charge in [-0.15, -0.1) is 0 Å². The Morgan fingerprint density at radius 3 is 2.88 bits per heavy atom. The van der Waals surface area contributed by atoms with Crippen molar-refractivity contribution < 1.29 is 13.6 Å². The van der Waals surface area contributed by atoms with Crippen LogP contribution in [-0.4, -0.2) is 5.78 Å². The number of hydrogen-bond donors (Lipinski definition) is 0. The van der Waals surface area contributed by atoms with Crippen LogP contribution >= 0.6 is 0 Å². The lowest BCUT2D eigenvalue weighted by atomic mass is 10.0. The first kappa shape index (κ1) is 10.9. The molecule has 2 rings (SSSR count). The van der Waals surface area contributed by atoms with E-state index >= 15 is 0 Å². The summed E-state index contributed by atoms with van der Waals surface area (Å²) in [6.07, 6.45) is 0.418. The molecule has 0 spiro atoms. The zero-order valence-electron chi connectivity index (χ0n) is 9.29. The summed E-state index contributed by atoms with van der Waals surface area (Å²) in [7, 11) is 0. The minimum Gasteiger partial charge on any atom is -0.458 e. The van der Waals surface area contributed by atoms with Crippen molar-refractivity contribution in [1.82, 2.24) is 0 Å². The standard InChI is InChI=1S/C13H13FO2/c1-8(6-9(2)15)12-7-10-4-3-5-11(14)13(10)16-12/h3-5,7-8H,6H2,1-2H3. The summed E-state index contributed by atoms with van der Waals surface area (Å²) in [6, 6.07) is 6.61. The van der Waals surface area contributed by atoms with Crippen LogP contribution in [0, 0.1) is 5.82 Å². The third-order valence-electron chi connectivity index (χ3n) is 2.59. The second-order valence-electron chi connectivity index (χ2n) is 4.11. The highest BCUT2D eigenvalue weighted by molar-refractivity contribution is 5.79. The van der Waals surface area contributed by atoms with Gasteiger partial charge in [-0.25, -0.2) is 4.39 Å².